The molecule has 3 fully saturated rings. The van der Waals surface area contributed by atoms with Crippen LogP contribution >= 0.6 is 15.6 Å². The molecule has 0 saturated carbocycles. The number of nitrogens with zero attached hydrogens (tertiary/aromatic N) is 12. The number of hydrogen-bond donors (Lipinski definition) is 8. The number of fused-ring (bicyclic) bond motifs is 3. The predicted molar refractivity (Wildman–Crippen MR) is 253 cm³/mol. The number of unbranched alkanes of at least 4 members (excludes halogenated alkanes) is 8. The van der Waals surface area contributed by atoms with Crippen molar-refractivity contribution in [2.24, 2.45) is 0 Å². The lowest BCUT2D eigenvalue weighted by Crippen LogP contribution is -2.37. The van der Waals surface area contributed by atoms with Gasteiger partial charge in [-0.2, -0.15) is 0 Å². The molecule has 32 heteroatoms. The standard InChI is InChI=1S/C41H59N15O15P2/c42-33-28-36(48-17-45-33)54(20-51-28)39-25(12-23(14-58)67-39)70-72(60,61)65-15-24-13-26(40(68-24)55-21-52-29-34(43)46-18-49-37(29)55)71-73(62,63)66-16-27-32(64-11-9-7-5-3-1-2-4-6-8-10-57)31(59)41(69-27)56-22-53-30-35(44)47-19-50-38(30)56/h17-27,31-32,39-41,57-59H,1-16H2,(H,60,61)(H,62,63)(H2,42,45,48)(H2,43,46,49)(H2,44,47,50)/t23-,24-,25+,26+,27+,31+,32+,39+,40+,41+/m0/s1. The Kier molecular flexibility index (Phi) is 16.8. The second-order valence-electron chi connectivity index (χ2n) is 17.8. The van der Waals surface area contributed by atoms with Crippen LogP contribution in [-0.4, -0.2) is 159 Å². The third kappa shape index (κ3) is 12.1. The first-order valence-corrected chi connectivity index (χ1v) is 26.8. The van der Waals surface area contributed by atoms with E-state index in [1.54, 1.807) is 0 Å². The minimum absolute atomic E-state index is 0.0190. The van der Waals surface area contributed by atoms with Crippen molar-refractivity contribution in [3.63, 3.8) is 0 Å². The molecule has 9 rings (SSSR count). The van der Waals surface area contributed by atoms with Gasteiger partial charge in [-0.1, -0.05) is 44.9 Å². The molecule has 0 bridgehead atoms. The van der Waals surface area contributed by atoms with Crippen molar-refractivity contribution in [1.29, 1.82) is 0 Å². The molecule has 0 aliphatic carbocycles. The number of aromatic nitrogens is 12. The molecule has 12 atom stereocenters. The molecule has 3 aliphatic rings. The maximum Gasteiger partial charge on any atom is 0.472 e. The van der Waals surface area contributed by atoms with Gasteiger partial charge in [0.15, 0.2) is 53.1 Å². The van der Waals surface area contributed by atoms with E-state index in [1.807, 2.05) is 0 Å². The maximum atomic E-state index is 14.0. The predicted octanol–water partition coefficient (Wildman–Crippen LogP) is 1.97. The summed E-state index contributed by atoms with van der Waals surface area (Å²) in [6.45, 7) is -1.17. The average Bonchev–Trinajstić information content (AvgIpc) is 4.24. The summed E-state index contributed by atoms with van der Waals surface area (Å²) in [7, 11) is -10.0. The lowest BCUT2D eigenvalue weighted by Gasteiger charge is -2.24. The number of aliphatic hydroxyl groups is 3. The molecule has 2 unspecified atom stereocenters. The highest BCUT2D eigenvalue weighted by molar-refractivity contribution is 7.47. The van der Waals surface area contributed by atoms with Crippen LogP contribution in [0.25, 0.3) is 33.5 Å². The van der Waals surface area contributed by atoms with Gasteiger partial charge in [0.25, 0.3) is 0 Å². The van der Waals surface area contributed by atoms with E-state index < -0.39 is 96.9 Å². The lowest BCUT2D eigenvalue weighted by atomic mass is 10.1. The number of phosphoric ester groups is 2. The minimum atomic E-state index is -5.08. The molecular formula is C41H59N15O15P2. The van der Waals surface area contributed by atoms with Gasteiger partial charge in [0.1, 0.15) is 66.1 Å². The molecule has 0 spiro atoms. The number of ether oxygens (including phenoxy) is 4. The van der Waals surface area contributed by atoms with Gasteiger partial charge in [-0.25, -0.2) is 54.0 Å². The third-order valence-corrected chi connectivity index (χ3v) is 14.8. The van der Waals surface area contributed by atoms with E-state index in [1.165, 1.54) is 51.7 Å². The molecular weight excluding hydrogens is 1000 g/mol. The smallest absolute Gasteiger partial charge is 0.396 e. The Morgan fingerprint density at radius 1 is 0.575 bits per heavy atom. The highest BCUT2D eigenvalue weighted by atomic mass is 31.2. The Morgan fingerprint density at radius 3 is 1.51 bits per heavy atom. The van der Waals surface area contributed by atoms with Crippen molar-refractivity contribution < 1.29 is 71.3 Å². The summed E-state index contributed by atoms with van der Waals surface area (Å²) < 4.78 is 79.1. The molecule has 3 saturated heterocycles. The van der Waals surface area contributed by atoms with Crippen LogP contribution in [0, 0.1) is 0 Å². The number of anilines is 3. The van der Waals surface area contributed by atoms with Crippen LogP contribution in [0.1, 0.15) is 89.3 Å². The van der Waals surface area contributed by atoms with Crippen molar-refractivity contribution in [2.45, 2.75) is 132 Å². The zero-order chi connectivity index (χ0) is 51.3. The van der Waals surface area contributed by atoms with Gasteiger partial charge in [-0.3, -0.25) is 31.8 Å². The number of hydrogen-bond acceptors (Lipinski definition) is 25. The zero-order valence-electron chi connectivity index (χ0n) is 39.4. The Bertz CT molecular complexity index is 2900. The van der Waals surface area contributed by atoms with Gasteiger partial charge >= 0.3 is 15.6 Å². The van der Waals surface area contributed by atoms with E-state index in [-0.39, 0.29) is 77.0 Å². The molecule has 11 N–H and O–H groups in total. The lowest BCUT2D eigenvalue weighted by molar-refractivity contribution is -0.0693. The highest BCUT2D eigenvalue weighted by Crippen LogP contribution is 2.53. The molecule has 0 amide bonds. The number of rotatable bonds is 26. The van der Waals surface area contributed by atoms with Gasteiger partial charge in [0.2, 0.25) is 0 Å². The first kappa shape index (κ1) is 52.8. The summed E-state index contributed by atoms with van der Waals surface area (Å²) in [5, 5.41) is 30.6. The topological polar surface area (TPSA) is 418 Å². The van der Waals surface area contributed by atoms with Crippen molar-refractivity contribution in [2.75, 3.05) is 50.2 Å². The number of nitrogens with two attached hydrogens (primary N) is 3. The minimum Gasteiger partial charge on any atom is -0.396 e. The molecule has 6 aromatic heterocycles. The summed E-state index contributed by atoms with van der Waals surface area (Å²) in [6, 6.07) is 0. The van der Waals surface area contributed by atoms with E-state index in [0.29, 0.717) is 6.42 Å². The first-order valence-electron chi connectivity index (χ1n) is 23.8. The van der Waals surface area contributed by atoms with Crippen LogP contribution < -0.4 is 17.2 Å². The molecule has 3 aliphatic heterocycles. The maximum absolute atomic E-state index is 14.0. The Morgan fingerprint density at radius 2 is 1.01 bits per heavy atom. The quantitative estimate of drug-likeness (QED) is 0.0284. The first-order chi connectivity index (χ1) is 35.2. The second-order valence-corrected chi connectivity index (χ2v) is 20.6. The van der Waals surface area contributed by atoms with Crippen molar-refractivity contribution in [3.05, 3.63) is 38.0 Å². The monoisotopic (exact) mass is 1060 g/mol. The Labute approximate surface area is 415 Å². The molecule has 0 aromatic carbocycles. The fourth-order valence-electron chi connectivity index (χ4n) is 9.21. The van der Waals surface area contributed by atoms with Gasteiger partial charge < -0.3 is 61.3 Å². The zero-order valence-corrected chi connectivity index (χ0v) is 41.2. The molecule has 0 radical (unpaired) electrons. The highest BCUT2D eigenvalue weighted by Gasteiger charge is 2.49. The van der Waals surface area contributed by atoms with E-state index in [0.717, 1.165) is 51.4 Å². The molecule has 6 aromatic rings. The Hall–Kier alpha value is -5.01. The molecule has 73 heavy (non-hydrogen) atoms. The number of phosphoric acid groups is 2. The summed E-state index contributed by atoms with van der Waals surface area (Å²) in [5.74, 6) is 0.250. The van der Waals surface area contributed by atoms with Crippen molar-refractivity contribution in [1.82, 2.24) is 58.6 Å². The summed E-state index contributed by atoms with van der Waals surface area (Å²) in [6.07, 6.45) is 4.83. The fraction of sp³-hybridized carbons (Fsp3) is 0.634. The number of imidazole rings is 3. The third-order valence-electron chi connectivity index (χ3n) is 12.8. The number of nitrogen functional groups attached to an aromatic ring is 3. The van der Waals surface area contributed by atoms with Gasteiger partial charge in [-0.05, 0) is 12.8 Å². The Balaban J connectivity index is 0.867. The van der Waals surface area contributed by atoms with E-state index in [2.05, 4.69) is 44.9 Å². The fourth-order valence-corrected chi connectivity index (χ4v) is 11.1. The normalized spacial score (nSPS) is 27.1. The van der Waals surface area contributed by atoms with E-state index >= 15 is 0 Å². The second kappa shape index (κ2) is 23.3. The van der Waals surface area contributed by atoms with Crippen molar-refractivity contribution in [3.8, 4) is 0 Å². The van der Waals surface area contributed by atoms with Gasteiger partial charge in [0.05, 0.1) is 51.0 Å². The molecule has 9 heterocycles. The summed E-state index contributed by atoms with van der Waals surface area (Å²) in [4.78, 5) is 59.9. The van der Waals surface area contributed by atoms with Crippen LogP contribution in [-0.2, 0) is 46.2 Å². The molecule has 398 valence electrons. The molecule has 30 nitrogen and oxygen atoms in total. The largest absolute Gasteiger partial charge is 0.472 e. The number of aliphatic hydroxyl groups excluding tert-OH is 3. The van der Waals surface area contributed by atoms with Crippen LogP contribution in [0.3, 0.4) is 0 Å². The van der Waals surface area contributed by atoms with Crippen LogP contribution in [0.4, 0.5) is 17.5 Å². The summed E-state index contributed by atoms with van der Waals surface area (Å²) in [5.41, 5.74) is 19.5. The van der Waals surface area contributed by atoms with Crippen LogP contribution in [0.15, 0.2) is 38.0 Å². The summed E-state index contributed by atoms with van der Waals surface area (Å²) >= 11 is 0. The van der Waals surface area contributed by atoms with E-state index in [9.17, 15) is 29.1 Å². The van der Waals surface area contributed by atoms with Crippen LogP contribution in [0.5, 0.6) is 0 Å². The average molecular weight is 1060 g/mol. The van der Waals surface area contributed by atoms with Gasteiger partial charge in [0, 0.05) is 26.1 Å². The van der Waals surface area contributed by atoms with Gasteiger partial charge in [-0.15, -0.1) is 0 Å². The van der Waals surface area contributed by atoms with Crippen molar-refractivity contribution >= 4 is 66.6 Å². The van der Waals surface area contributed by atoms with E-state index in [4.69, 9.17) is 59.3 Å². The van der Waals surface area contributed by atoms with Crippen LogP contribution in [0.2, 0.25) is 0 Å². The SMILES string of the molecule is Nc1ncnc2c1ncn2[C@@H]1O[C@H](COP(=O)(O)O[C@@H]2C[C@@H](COP(=O)(O)O[C@@H]3C[C@@H](CO)O[C@H]3n3cnc4c(N)ncnc43)O[C@H]2n2cnc3c(N)ncnc32)[C@@H](OCCCCCCCCCCCO)[C@H]1O.